The Bertz CT molecular complexity index is 754. The number of hydrogen-bond acceptors (Lipinski definition) is 5. The van der Waals surface area contributed by atoms with Gasteiger partial charge in [0.25, 0.3) is 0 Å². The summed E-state index contributed by atoms with van der Waals surface area (Å²) in [4.78, 5) is 7.65. The summed E-state index contributed by atoms with van der Waals surface area (Å²) in [6, 6.07) is 6.98. The third kappa shape index (κ3) is 6.62. The van der Waals surface area contributed by atoms with E-state index in [1.807, 2.05) is 34.6 Å². The molecule has 0 aliphatic heterocycles. The minimum atomic E-state index is -4.59. The summed E-state index contributed by atoms with van der Waals surface area (Å²) in [5, 5.41) is 2.88. The quantitative estimate of drug-likeness (QED) is 0.719. The summed E-state index contributed by atoms with van der Waals surface area (Å²) in [5.74, 6) is 0.280. The lowest BCUT2D eigenvalue weighted by atomic mass is 10.2. The molecule has 1 N–H and O–H groups in total. The van der Waals surface area contributed by atoms with Crippen LogP contribution in [-0.4, -0.2) is 22.2 Å². The Kier molecular flexibility index (Phi) is 6.18. The molecule has 0 bridgehead atoms. The summed E-state index contributed by atoms with van der Waals surface area (Å²) >= 11 is 0. The van der Waals surface area contributed by atoms with Crippen LogP contribution in [0.5, 0.6) is 11.6 Å². The van der Waals surface area contributed by atoms with E-state index in [1.54, 1.807) is 24.3 Å². The van der Waals surface area contributed by atoms with Crippen molar-refractivity contribution in [2.24, 2.45) is 5.92 Å². The van der Waals surface area contributed by atoms with Crippen molar-refractivity contribution in [3.63, 3.8) is 0 Å². The van der Waals surface area contributed by atoms with Crippen molar-refractivity contribution >= 4 is 11.6 Å². The van der Waals surface area contributed by atoms with Crippen LogP contribution in [0.15, 0.2) is 30.5 Å². The van der Waals surface area contributed by atoms with Crippen molar-refractivity contribution in [1.29, 1.82) is 0 Å². The van der Waals surface area contributed by atoms with Crippen molar-refractivity contribution in [3.05, 3.63) is 36.0 Å². The Labute approximate surface area is 156 Å². The zero-order valence-corrected chi connectivity index (χ0v) is 16.0. The number of ether oxygens (including phenoxy) is 2. The minimum absolute atomic E-state index is 0.0197. The van der Waals surface area contributed by atoms with E-state index < -0.39 is 17.6 Å². The second-order valence-corrected chi connectivity index (χ2v) is 7.48. The van der Waals surface area contributed by atoms with Crippen LogP contribution in [0, 0.1) is 5.92 Å². The molecular formula is C19H24F3N3O2. The predicted molar refractivity (Wildman–Crippen MR) is 97.5 cm³/mol. The molecule has 0 atom stereocenters. The highest BCUT2D eigenvalue weighted by Crippen LogP contribution is 2.35. The van der Waals surface area contributed by atoms with E-state index in [2.05, 4.69) is 15.3 Å². The standard InChI is InChI=1S/C19H24F3N3O2/c1-12(2)11-26-16-15(19(20,21)22)10-23-17(25-16)24-13-6-8-14(9-7-13)27-18(3,4)5/h6-10,12H,11H2,1-5H3,(H,23,24,25). The molecule has 1 aromatic heterocycles. The van der Waals surface area contributed by atoms with Crippen molar-refractivity contribution in [1.82, 2.24) is 9.97 Å². The number of nitrogens with zero attached hydrogens (tertiary/aromatic N) is 2. The van der Waals surface area contributed by atoms with Gasteiger partial charge >= 0.3 is 6.18 Å². The lowest BCUT2D eigenvalue weighted by Gasteiger charge is -2.21. The van der Waals surface area contributed by atoms with Gasteiger partial charge in [0.15, 0.2) is 0 Å². The van der Waals surface area contributed by atoms with E-state index in [9.17, 15) is 13.2 Å². The molecule has 5 nitrogen and oxygen atoms in total. The van der Waals surface area contributed by atoms with Crippen LogP contribution in [0.25, 0.3) is 0 Å². The molecule has 2 rings (SSSR count). The molecule has 0 radical (unpaired) electrons. The molecule has 0 saturated carbocycles. The minimum Gasteiger partial charge on any atom is -0.488 e. The summed E-state index contributed by atoms with van der Waals surface area (Å²) < 4.78 is 50.3. The van der Waals surface area contributed by atoms with E-state index >= 15 is 0 Å². The van der Waals surface area contributed by atoms with E-state index in [1.165, 1.54) is 0 Å². The van der Waals surface area contributed by atoms with E-state index in [0.29, 0.717) is 11.4 Å². The summed E-state index contributed by atoms with van der Waals surface area (Å²) in [6.07, 6.45) is -3.86. The first kappa shape index (κ1) is 20.8. The van der Waals surface area contributed by atoms with Gasteiger partial charge in [-0.15, -0.1) is 0 Å². The molecule has 8 heteroatoms. The Balaban J connectivity index is 2.19. The first-order valence-corrected chi connectivity index (χ1v) is 8.57. The van der Waals surface area contributed by atoms with E-state index in [4.69, 9.17) is 9.47 Å². The van der Waals surface area contributed by atoms with Gasteiger partial charge in [-0.3, -0.25) is 0 Å². The second kappa shape index (κ2) is 8.02. The van der Waals surface area contributed by atoms with Crippen LogP contribution in [0.3, 0.4) is 0 Å². The molecule has 0 unspecified atom stereocenters. The van der Waals surface area contributed by atoms with Gasteiger partial charge in [-0.05, 0) is 51.0 Å². The zero-order chi connectivity index (χ0) is 20.2. The molecule has 0 spiro atoms. The first-order valence-electron chi connectivity index (χ1n) is 8.57. The molecule has 1 heterocycles. The maximum Gasteiger partial charge on any atom is 0.423 e. The molecule has 2 aromatic rings. The van der Waals surface area contributed by atoms with Crippen molar-refractivity contribution in [2.45, 2.75) is 46.4 Å². The number of nitrogens with one attached hydrogen (secondary N) is 1. The maximum atomic E-state index is 13.1. The van der Waals surface area contributed by atoms with Crippen LogP contribution >= 0.6 is 0 Å². The van der Waals surface area contributed by atoms with Gasteiger partial charge < -0.3 is 14.8 Å². The molecule has 0 aliphatic rings. The van der Waals surface area contributed by atoms with Crippen molar-refractivity contribution in [3.8, 4) is 11.6 Å². The predicted octanol–water partition coefficient (Wildman–Crippen LogP) is 5.45. The number of alkyl halides is 3. The summed E-state index contributed by atoms with van der Waals surface area (Å²) in [5.41, 5.74) is -0.706. The normalized spacial score (nSPS) is 12.2. The van der Waals surface area contributed by atoms with Crippen LogP contribution in [-0.2, 0) is 6.18 Å². The Morgan fingerprint density at radius 3 is 2.22 bits per heavy atom. The highest BCUT2D eigenvalue weighted by atomic mass is 19.4. The van der Waals surface area contributed by atoms with E-state index in [-0.39, 0.29) is 24.1 Å². The van der Waals surface area contributed by atoms with Gasteiger partial charge in [-0.2, -0.15) is 18.2 Å². The molecule has 0 amide bonds. The Morgan fingerprint density at radius 1 is 1.07 bits per heavy atom. The van der Waals surface area contributed by atoms with Gasteiger partial charge in [-0.1, -0.05) is 13.8 Å². The van der Waals surface area contributed by atoms with Crippen LogP contribution in [0.4, 0.5) is 24.8 Å². The smallest absolute Gasteiger partial charge is 0.423 e. The largest absolute Gasteiger partial charge is 0.488 e. The van der Waals surface area contributed by atoms with Crippen LogP contribution in [0.2, 0.25) is 0 Å². The van der Waals surface area contributed by atoms with Gasteiger partial charge in [-0.25, -0.2) is 4.98 Å². The van der Waals surface area contributed by atoms with Crippen LogP contribution in [0.1, 0.15) is 40.2 Å². The summed E-state index contributed by atoms with van der Waals surface area (Å²) in [7, 11) is 0. The van der Waals surface area contributed by atoms with E-state index in [0.717, 1.165) is 6.20 Å². The number of aromatic nitrogens is 2. The fourth-order valence-corrected chi connectivity index (χ4v) is 2.07. The molecule has 27 heavy (non-hydrogen) atoms. The average molecular weight is 383 g/mol. The third-order valence-corrected chi connectivity index (χ3v) is 3.15. The van der Waals surface area contributed by atoms with Gasteiger partial charge in [0.1, 0.15) is 16.9 Å². The lowest BCUT2D eigenvalue weighted by molar-refractivity contribution is -0.139. The van der Waals surface area contributed by atoms with Crippen molar-refractivity contribution in [2.75, 3.05) is 11.9 Å². The molecule has 148 valence electrons. The fraction of sp³-hybridized carbons (Fsp3) is 0.474. The molecule has 0 fully saturated rings. The molecular weight excluding hydrogens is 359 g/mol. The highest BCUT2D eigenvalue weighted by molar-refractivity contribution is 5.55. The number of hydrogen-bond donors (Lipinski definition) is 1. The topological polar surface area (TPSA) is 56.3 Å². The molecule has 0 saturated heterocycles. The third-order valence-electron chi connectivity index (χ3n) is 3.15. The lowest BCUT2D eigenvalue weighted by Crippen LogP contribution is -2.22. The van der Waals surface area contributed by atoms with Crippen LogP contribution < -0.4 is 14.8 Å². The zero-order valence-electron chi connectivity index (χ0n) is 16.0. The highest BCUT2D eigenvalue weighted by Gasteiger charge is 2.36. The Morgan fingerprint density at radius 2 is 1.70 bits per heavy atom. The SMILES string of the molecule is CC(C)COc1nc(Nc2ccc(OC(C)(C)C)cc2)ncc1C(F)(F)F. The van der Waals surface area contributed by atoms with Gasteiger partial charge in [0, 0.05) is 11.9 Å². The number of anilines is 2. The summed E-state index contributed by atoms with van der Waals surface area (Å²) in [6.45, 7) is 9.62. The van der Waals surface area contributed by atoms with Gasteiger partial charge in [0.2, 0.25) is 11.8 Å². The Hall–Kier alpha value is -2.51. The number of halogens is 3. The van der Waals surface area contributed by atoms with Gasteiger partial charge in [0.05, 0.1) is 6.61 Å². The maximum absolute atomic E-state index is 13.1. The molecule has 0 aliphatic carbocycles. The van der Waals surface area contributed by atoms with Crippen molar-refractivity contribution < 1.29 is 22.6 Å². The second-order valence-electron chi connectivity index (χ2n) is 7.48. The first-order chi connectivity index (χ1) is 12.4. The fourth-order valence-electron chi connectivity index (χ4n) is 2.07. The molecule has 1 aromatic carbocycles. The monoisotopic (exact) mass is 383 g/mol. The number of benzene rings is 1. The number of rotatable bonds is 6. The average Bonchev–Trinajstić information content (AvgIpc) is 2.52.